The Balaban J connectivity index is 2.47. The van der Waals surface area contributed by atoms with Crippen LogP contribution in [0.4, 0.5) is 8.78 Å². The summed E-state index contributed by atoms with van der Waals surface area (Å²) in [5, 5.41) is 10.7. The summed E-state index contributed by atoms with van der Waals surface area (Å²) in [4.78, 5) is 2.60. The first-order valence-corrected chi connectivity index (χ1v) is 4.99. The molecule has 1 aromatic heterocycles. The van der Waals surface area contributed by atoms with Crippen LogP contribution in [-0.4, -0.2) is 10.2 Å². The third-order valence-electron chi connectivity index (χ3n) is 2.25. The van der Waals surface area contributed by atoms with Gasteiger partial charge in [-0.3, -0.25) is 0 Å². The molecule has 0 saturated carbocycles. The summed E-state index contributed by atoms with van der Waals surface area (Å²) in [7, 11) is 0. The van der Waals surface area contributed by atoms with Gasteiger partial charge in [0, 0.05) is 4.91 Å². The number of halogens is 2. The summed E-state index contributed by atoms with van der Waals surface area (Å²) in [5.41, 5.74) is 8.56. The van der Waals surface area contributed by atoms with E-state index in [0.717, 1.165) is 12.1 Å². The fourth-order valence-corrected chi connectivity index (χ4v) is 1.47. The van der Waals surface area contributed by atoms with Crippen molar-refractivity contribution in [2.45, 2.75) is 6.54 Å². The highest BCUT2D eigenvalue weighted by molar-refractivity contribution is 5.60. The minimum absolute atomic E-state index is 0.0507. The summed E-state index contributed by atoms with van der Waals surface area (Å²) < 4.78 is 27.1. The van der Waals surface area contributed by atoms with Crippen molar-refractivity contribution < 1.29 is 8.78 Å². The highest BCUT2D eigenvalue weighted by Crippen LogP contribution is 2.24. The van der Waals surface area contributed by atoms with Crippen molar-refractivity contribution in [1.82, 2.24) is 10.2 Å². The quantitative estimate of drug-likeness (QED) is 0.474. The molecule has 0 unspecified atom stereocenters. The van der Waals surface area contributed by atoms with Crippen LogP contribution in [0.15, 0.2) is 35.6 Å². The van der Waals surface area contributed by atoms with Gasteiger partial charge < -0.3 is 0 Å². The minimum Gasteiger partial charge on any atom is -0.206 e. The van der Waals surface area contributed by atoms with Crippen molar-refractivity contribution in [3.05, 3.63) is 58.1 Å². The van der Waals surface area contributed by atoms with E-state index in [1.54, 1.807) is 0 Å². The van der Waals surface area contributed by atoms with Gasteiger partial charge in [0.2, 0.25) is 0 Å². The molecule has 0 spiro atoms. The molecule has 1 heterocycles. The standard InChI is InChI=1S/C11H7F2N5/c12-8-2-1-3-9(13)11(8)10-4-7(5-15-17-10)6-16-18-14/h1-5H,6H2. The summed E-state index contributed by atoms with van der Waals surface area (Å²) in [6.07, 6.45) is 1.37. The van der Waals surface area contributed by atoms with Gasteiger partial charge in [0.1, 0.15) is 11.6 Å². The summed E-state index contributed by atoms with van der Waals surface area (Å²) in [5.74, 6) is -1.43. The second kappa shape index (κ2) is 5.20. The molecule has 0 amide bonds. The van der Waals surface area contributed by atoms with Gasteiger partial charge in [-0.15, -0.1) is 0 Å². The zero-order chi connectivity index (χ0) is 13.0. The molecule has 0 N–H and O–H groups in total. The molecule has 7 heteroatoms. The normalized spacial score (nSPS) is 9.89. The Kier molecular flexibility index (Phi) is 3.45. The highest BCUT2D eigenvalue weighted by Gasteiger charge is 2.12. The minimum atomic E-state index is -0.717. The predicted octanol–water partition coefficient (Wildman–Crippen LogP) is 3.23. The average Bonchev–Trinajstić information content (AvgIpc) is 2.37. The van der Waals surface area contributed by atoms with Gasteiger partial charge >= 0.3 is 0 Å². The molecular formula is C11H7F2N5. The lowest BCUT2D eigenvalue weighted by Gasteiger charge is -2.04. The lowest BCUT2D eigenvalue weighted by molar-refractivity contribution is 0.588. The molecule has 0 aliphatic carbocycles. The van der Waals surface area contributed by atoms with E-state index in [9.17, 15) is 8.78 Å². The predicted molar refractivity (Wildman–Crippen MR) is 60.2 cm³/mol. The SMILES string of the molecule is [N-]=[N+]=NCc1cnnc(-c2c(F)cccc2F)c1. The molecule has 0 saturated heterocycles. The second-order valence-electron chi connectivity index (χ2n) is 3.43. The van der Waals surface area contributed by atoms with Crippen molar-refractivity contribution in [2.75, 3.05) is 0 Å². The molecule has 2 aromatic rings. The highest BCUT2D eigenvalue weighted by atomic mass is 19.1. The fraction of sp³-hybridized carbons (Fsp3) is 0.0909. The fourth-order valence-electron chi connectivity index (χ4n) is 1.47. The summed E-state index contributed by atoms with van der Waals surface area (Å²) in [6.45, 7) is 0.0507. The van der Waals surface area contributed by atoms with Crippen LogP contribution in [0.1, 0.15) is 5.56 Å². The Labute approximate surface area is 101 Å². The number of hydrogen-bond donors (Lipinski definition) is 0. The topological polar surface area (TPSA) is 74.5 Å². The van der Waals surface area contributed by atoms with E-state index in [1.807, 2.05) is 0 Å². The van der Waals surface area contributed by atoms with Crippen LogP contribution in [0, 0.1) is 11.6 Å². The van der Waals surface area contributed by atoms with E-state index < -0.39 is 11.6 Å². The van der Waals surface area contributed by atoms with Crippen LogP contribution in [0.5, 0.6) is 0 Å². The Morgan fingerprint density at radius 1 is 1.28 bits per heavy atom. The zero-order valence-corrected chi connectivity index (χ0v) is 9.09. The number of nitrogens with zero attached hydrogens (tertiary/aromatic N) is 5. The lowest BCUT2D eigenvalue weighted by Crippen LogP contribution is -1.96. The number of rotatable bonds is 3. The zero-order valence-electron chi connectivity index (χ0n) is 9.09. The van der Waals surface area contributed by atoms with Gasteiger partial charge in [-0.2, -0.15) is 10.2 Å². The monoisotopic (exact) mass is 247 g/mol. The van der Waals surface area contributed by atoms with Crippen molar-refractivity contribution in [3.8, 4) is 11.3 Å². The Morgan fingerprint density at radius 2 is 2.00 bits per heavy atom. The van der Waals surface area contributed by atoms with Gasteiger partial charge in [-0.25, -0.2) is 8.78 Å². The van der Waals surface area contributed by atoms with Gasteiger partial charge in [-0.1, -0.05) is 11.2 Å². The maximum atomic E-state index is 13.5. The van der Waals surface area contributed by atoms with Gasteiger partial charge in [-0.05, 0) is 29.3 Å². The molecule has 0 bridgehead atoms. The van der Waals surface area contributed by atoms with Crippen LogP contribution in [0.3, 0.4) is 0 Å². The molecule has 0 fully saturated rings. The van der Waals surface area contributed by atoms with E-state index in [-0.39, 0.29) is 17.8 Å². The summed E-state index contributed by atoms with van der Waals surface area (Å²) >= 11 is 0. The molecule has 18 heavy (non-hydrogen) atoms. The molecular weight excluding hydrogens is 240 g/mol. The van der Waals surface area contributed by atoms with Gasteiger partial charge in [0.15, 0.2) is 0 Å². The Morgan fingerprint density at radius 3 is 2.67 bits per heavy atom. The van der Waals surface area contributed by atoms with E-state index >= 15 is 0 Å². The first-order chi connectivity index (χ1) is 8.72. The molecule has 0 radical (unpaired) electrons. The van der Waals surface area contributed by atoms with Crippen LogP contribution < -0.4 is 0 Å². The number of aromatic nitrogens is 2. The Hall–Kier alpha value is -2.53. The number of hydrogen-bond acceptors (Lipinski definition) is 3. The maximum absolute atomic E-state index is 13.5. The molecule has 2 rings (SSSR count). The lowest BCUT2D eigenvalue weighted by atomic mass is 10.1. The molecule has 0 aliphatic rings. The number of azide groups is 1. The molecule has 90 valence electrons. The van der Waals surface area contributed by atoms with Gasteiger partial charge in [0.05, 0.1) is 24.0 Å². The third kappa shape index (κ3) is 2.41. The smallest absolute Gasteiger partial charge is 0.135 e. The van der Waals surface area contributed by atoms with E-state index in [1.165, 1.54) is 18.3 Å². The average molecular weight is 247 g/mol. The first-order valence-electron chi connectivity index (χ1n) is 4.99. The van der Waals surface area contributed by atoms with Crippen molar-refractivity contribution in [2.24, 2.45) is 5.11 Å². The van der Waals surface area contributed by atoms with E-state index in [4.69, 9.17) is 5.53 Å². The van der Waals surface area contributed by atoms with Crippen LogP contribution >= 0.6 is 0 Å². The third-order valence-corrected chi connectivity index (χ3v) is 2.25. The molecule has 5 nitrogen and oxygen atoms in total. The largest absolute Gasteiger partial charge is 0.206 e. The van der Waals surface area contributed by atoms with Crippen molar-refractivity contribution in [3.63, 3.8) is 0 Å². The van der Waals surface area contributed by atoms with Crippen LogP contribution in [0.2, 0.25) is 0 Å². The van der Waals surface area contributed by atoms with E-state index in [0.29, 0.717) is 5.56 Å². The van der Waals surface area contributed by atoms with E-state index in [2.05, 4.69) is 20.2 Å². The summed E-state index contributed by atoms with van der Waals surface area (Å²) in [6, 6.07) is 4.98. The van der Waals surface area contributed by atoms with Crippen LogP contribution in [-0.2, 0) is 6.54 Å². The first kappa shape index (κ1) is 11.9. The van der Waals surface area contributed by atoms with Crippen molar-refractivity contribution >= 4 is 0 Å². The Bertz CT molecular complexity index is 602. The van der Waals surface area contributed by atoms with Gasteiger partial charge in [0.25, 0.3) is 0 Å². The molecule has 0 aliphatic heterocycles. The molecule has 0 atom stereocenters. The molecule has 1 aromatic carbocycles. The van der Waals surface area contributed by atoms with Crippen molar-refractivity contribution in [1.29, 1.82) is 0 Å². The second-order valence-corrected chi connectivity index (χ2v) is 3.43. The maximum Gasteiger partial charge on any atom is 0.135 e. The number of benzene rings is 1. The van der Waals surface area contributed by atoms with Crippen LogP contribution in [0.25, 0.3) is 21.7 Å².